The van der Waals surface area contributed by atoms with E-state index in [9.17, 15) is 29.4 Å². The maximum atomic E-state index is 13.5. The van der Waals surface area contributed by atoms with Gasteiger partial charge in [-0.3, -0.25) is 14.5 Å². The standard InChI is InChI=1S/C31H40N2O4SSi.C16H13BrO.C13H22N2O3S/c1-39(2,3)19-18-37-28(35)15-9-8-14-27-29-26(20-38-27)33(31(36)32-29)30-24-12-6-4-10-21(24)23(16-17-34)22-11-5-7-13-25(22)30;17-16-14-7-3-1-5-11(14)13(9-10-18)12-6-2-4-8-15(12)16;1-2-7-18-11(16)6-4-3-5-10-12-9(8-19-10)14-13(17)15-12/h4-7,10-13,26-27,29,34H,8-9,14-20H2,1-3H3,(H,32,36);1-8,18H,9-10H2;9-10,12H,2-8H2,1H3,(H2,14,15,17). The normalized spacial score (nSPS) is 20.6. The topological polar surface area (TPSA) is 167 Å². The van der Waals surface area contributed by atoms with E-state index in [4.69, 9.17) is 9.47 Å². The van der Waals surface area contributed by atoms with Crippen LogP contribution in [0.1, 0.15) is 75.8 Å². The first-order chi connectivity index (χ1) is 36.8. The van der Waals surface area contributed by atoms with E-state index in [-0.39, 0.29) is 61.4 Å². The minimum Gasteiger partial charge on any atom is -0.466 e. The molecular weight excluding hydrogens is 1080 g/mol. The van der Waals surface area contributed by atoms with Crippen molar-refractivity contribution in [2.75, 3.05) is 42.8 Å². The van der Waals surface area contributed by atoms with E-state index in [0.29, 0.717) is 49.4 Å². The Morgan fingerprint density at radius 2 is 1.09 bits per heavy atom. The van der Waals surface area contributed by atoms with Crippen LogP contribution in [0.15, 0.2) is 102 Å². The van der Waals surface area contributed by atoms with Crippen LogP contribution < -0.4 is 20.9 Å². The van der Waals surface area contributed by atoms with Crippen molar-refractivity contribution < 1.29 is 38.9 Å². The molecule has 0 aliphatic carbocycles. The van der Waals surface area contributed by atoms with Gasteiger partial charge >= 0.3 is 24.0 Å². The van der Waals surface area contributed by atoms with Crippen molar-refractivity contribution >= 4 is 120 Å². The number of fused-ring (bicyclic) bond motifs is 6. The number of aliphatic hydroxyl groups is 2. The monoisotopic (exact) mass is 1150 g/mol. The number of unbranched alkanes of at least 4 members (excludes halogenated alkanes) is 2. The Morgan fingerprint density at radius 1 is 0.632 bits per heavy atom. The number of hydrogen-bond donors (Lipinski definition) is 5. The molecule has 6 unspecified atom stereocenters. The van der Waals surface area contributed by atoms with Crippen molar-refractivity contribution in [3.8, 4) is 0 Å². The lowest BCUT2D eigenvalue weighted by Crippen LogP contribution is -2.38. The zero-order chi connectivity index (χ0) is 53.8. The second kappa shape index (κ2) is 27.2. The minimum absolute atomic E-state index is 0.0357. The Bertz CT molecular complexity index is 2880. The van der Waals surface area contributed by atoms with Gasteiger partial charge < -0.3 is 35.6 Å². The molecule has 5 N–H and O–H groups in total. The smallest absolute Gasteiger partial charge is 0.322 e. The zero-order valence-corrected chi connectivity index (χ0v) is 48.6. The fraction of sp³-hybridized carbons (Fsp3) is 0.467. The molecule has 4 saturated heterocycles. The number of hydrogen-bond acceptors (Lipinski definition) is 10. The van der Waals surface area contributed by atoms with Gasteiger partial charge in [0.05, 0.1) is 43.1 Å². The highest BCUT2D eigenvalue weighted by Crippen LogP contribution is 2.45. The van der Waals surface area contributed by atoms with Crippen molar-refractivity contribution in [2.24, 2.45) is 0 Å². The number of carbonyl (C=O) groups excluding carboxylic acids is 4. The highest BCUT2D eigenvalue weighted by molar-refractivity contribution is 9.10. The number of carbonyl (C=O) groups is 4. The van der Waals surface area contributed by atoms with Gasteiger partial charge in [-0.05, 0) is 110 Å². The van der Waals surface area contributed by atoms with Crippen molar-refractivity contribution in [1.29, 1.82) is 0 Å². The summed E-state index contributed by atoms with van der Waals surface area (Å²) in [6.45, 7) is 10.2. The van der Waals surface area contributed by atoms with E-state index >= 15 is 0 Å². The minimum atomic E-state index is -1.19. The summed E-state index contributed by atoms with van der Waals surface area (Å²) in [4.78, 5) is 50.2. The van der Waals surface area contributed by atoms with Crippen LogP contribution in [-0.2, 0) is 31.9 Å². The van der Waals surface area contributed by atoms with Crippen LogP contribution in [-0.4, -0.2) is 115 Å². The number of halogens is 1. The maximum absolute atomic E-state index is 13.5. The number of nitrogens with zero attached hydrogens (tertiary/aromatic N) is 1. The van der Waals surface area contributed by atoms with E-state index in [0.717, 1.165) is 99.8 Å². The van der Waals surface area contributed by atoms with Gasteiger partial charge in [0.2, 0.25) is 0 Å². The summed E-state index contributed by atoms with van der Waals surface area (Å²) in [5.41, 5.74) is 3.32. The van der Waals surface area contributed by atoms with Crippen molar-refractivity contribution in [3.05, 3.63) is 113 Å². The van der Waals surface area contributed by atoms with Gasteiger partial charge in [0.25, 0.3) is 0 Å². The van der Waals surface area contributed by atoms with Crippen molar-refractivity contribution in [1.82, 2.24) is 16.0 Å². The number of nitrogens with one attached hydrogen (secondary N) is 3. The molecule has 0 bridgehead atoms. The number of urea groups is 2. The number of aliphatic hydroxyl groups excluding tert-OH is 2. The van der Waals surface area contributed by atoms with E-state index in [1.165, 1.54) is 27.1 Å². The summed E-state index contributed by atoms with van der Waals surface area (Å²) in [5.74, 6) is 1.70. The average Bonchev–Trinajstić information content (AvgIpc) is 4.18. The average molecular weight is 1150 g/mol. The molecule has 6 atom stereocenters. The van der Waals surface area contributed by atoms with Crippen molar-refractivity contribution in [2.45, 2.75) is 138 Å². The highest BCUT2D eigenvalue weighted by atomic mass is 79.9. The largest absolute Gasteiger partial charge is 0.466 e. The number of anilines is 1. The molecule has 4 fully saturated rings. The molecule has 4 aliphatic heterocycles. The molecule has 6 aromatic carbocycles. The van der Waals surface area contributed by atoms with Crippen LogP contribution >= 0.6 is 39.5 Å². The van der Waals surface area contributed by atoms with Crippen molar-refractivity contribution in [3.63, 3.8) is 0 Å². The Kier molecular flexibility index (Phi) is 20.5. The van der Waals surface area contributed by atoms with Crippen LogP contribution in [0.25, 0.3) is 43.1 Å². The summed E-state index contributed by atoms with van der Waals surface area (Å²) in [6, 6.07) is 34.8. The predicted octanol–water partition coefficient (Wildman–Crippen LogP) is 12.3. The molecule has 10 rings (SSSR count). The lowest BCUT2D eigenvalue weighted by Gasteiger charge is -2.26. The van der Waals surface area contributed by atoms with Crippen LogP contribution in [0.3, 0.4) is 0 Å². The molecule has 0 radical (unpaired) electrons. The molecule has 76 heavy (non-hydrogen) atoms. The third kappa shape index (κ3) is 13.9. The molecule has 4 heterocycles. The van der Waals surface area contributed by atoms with E-state index in [1.54, 1.807) is 0 Å². The lowest BCUT2D eigenvalue weighted by molar-refractivity contribution is -0.144. The summed E-state index contributed by atoms with van der Waals surface area (Å²) >= 11 is 7.55. The second-order valence-corrected chi connectivity index (χ2v) is 30.4. The van der Waals surface area contributed by atoms with E-state index < -0.39 is 8.07 Å². The quantitative estimate of drug-likeness (QED) is 0.0163. The number of rotatable bonds is 20. The summed E-state index contributed by atoms with van der Waals surface area (Å²) in [7, 11) is -1.19. The lowest BCUT2D eigenvalue weighted by atomic mass is 9.92. The predicted molar refractivity (Wildman–Crippen MR) is 320 cm³/mol. The van der Waals surface area contributed by atoms with Crippen LogP contribution in [0.5, 0.6) is 0 Å². The van der Waals surface area contributed by atoms with E-state index in [2.05, 4.69) is 100 Å². The summed E-state index contributed by atoms with van der Waals surface area (Å²) in [6.07, 6.45) is 8.78. The van der Waals surface area contributed by atoms with Gasteiger partial charge in [-0.1, -0.05) is 136 Å². The molecule has 0 aromatic heterocycles. The zero-order valence-electron chi connectivity index (χ0n) is 44.4. The molecule has 0 spiro atoms. The first kappa shape index (κ1) is 57.3. The third-order valence-corrected chi connectivity index (χ3v) is 20.4. The Balaban J connectivity index is 0.000000171. The number of ether oxygens (including phenoxy) is 2. The van der Waals surface area contributed by atoms with Crippen LogP contribution in [0, 0.1) is 0 Å². The molecular formula is C60H75BrN4O8S2Si. The van der Waals surface area contributed by atoms with E-state index in [1.807, 2.05) is 83.9 Å². The molecule has 12 nitrogen and oxygen atoms in total. The molecule has 406 valence electrons. The Hall–Kier alpha value is -4.84. The fourth-order valence-electron chi connectivity index (χ4n) is 11.1. The summed E-state index contributed by atoms with van der Waals surface area (Å²) in [5, 5.41) is 38.3. The molecule has 4 aliphatic rings. The van der Waals surface area contributed by atoms with Gasteiger partial charge in [-0.15, -0.1) is 0 Å². The van der Waals surface area contributed by atoms with Gasteiger partial charge in [-0.2, -0.15) is 23.5 Å². The number of esters is 2. The van der Waals surface area contributed by atoms with Gasteiger partial charge in [0, 0.05) is 71.4 Å². The van der Waals surface area contributed by atoms with Crippen LogP contribution in [0.4, 0.5) is 15.3 Å². The fourth-order valence-corrected chi connectivity index (χ4v) is 15.6. The summed E-state index contributed by atoms with van der Waals surface area (Å²) < 4.78 is 11.6. The number of thioether (sulfide) groups is 2. The second-order valence-electron chi connectivity index (χ2n) is 21.4. The molecule has 6 aromatic rings. The Labute approximate surface area is 465 Å². The Morgan fingerprint density at radius 3 is 1.59 bits per heavy atom. The maximum Gasteiger partial charge on any atom is 0.322 e. The SMILES string of the molecule is CCCOC(=O)CCCCC1SCC2NC(=O)NC21.C[Si](C)(C)CCOC(=O)CCCCC1SCC2C1NC(=O)N2c1c2ccccc2c(CCO)c2ccccc12.OCCc1c2ccccc2c(Br)c2ccccc12. The van der Waals surface area contributed by atoms with Gasteiger partial charge in [-0.25, -0.2) is 9.59 Å². The number of benzene rings is 6. The molecule has 0 saturated carbocycles. The van der Waals surface area contributed by atoms with Gasteiger partial charge in [0.15, 0.2) is 0 Å². The third-order valence-electron chi connectivity index (χ3n) is 14.9. The number of amides is 4. The first-order valence-electron chi connectivity index (χ1n) is 27.2. The first-order valence-corrected chi connectivity index (χ1v) is 33.8. The van der Waals surface area contributed by atoms with Crippen LogP contribution in [0.2, 0.25) is 25.7 Å². The molecule has 16 heteroatoms. The van der Waals surface area contributed by atoms with Gasteiger partial charge in [0.1, 0.15) is 0 Å². The highest BCUT2D eigenvalue weighted by Gasteiger charge is 2.49. The molecule has 4 amide bonds.